The molecule has 0 aromatic heterocycles. The topological polar surface area (TPSA) is 32.3 Å². The molecule has 0 unspecified atom stereocenters. The van der Waals surface area contributed by atoms with Crippen molar-refractivity contribution >= 4 is 16.7 Å². The van der Waals surface area contributed by atoms with Crippen LogP contribution in [-0.4, -0.2) is 29.9 Å². The second-order valence-corrected chi connectivity index (χ2v) is 5.99. The smallest absolute Gasteiger partial charge is 0.223 e. The minimum atomic E-state index is 0.300. The first-order valence-electron chi connectivity index (χ1n) is 8.26. The molecule has 2 aromatic rings. The number of amides is 1. The Bertz CT molecular complexity index is 647. The highest BCUT2D eigenvalue weighted by atomic mass is 16.2. The fraction of sp³-hybridized carbons (Fsp3) is 0.421. The van der Waals surface area contributed by atoms with Crippen molar-refractivity contribution in [2.24, 2.45) is 0 Å². The van der Waals surface area contributed by atoms with Gasteiger partial charge in [0.1, 0.15) is 0 Å². The van der Waals surface area contributed by atoms with Crippen LogP contribution in [0.1, 0.15) is 31.7 Å². The Morgan fingerprint density at radius 1 is 1.18 bits per heavy atom. The molecule has 1 amide bonds. The highest BCUT2D eigenvalue weighted by molar-refractivity contribution is 5.86. The third kappa shape index (κ3) is 3.14. The van der Waals surface area contributed by atoms with Gasteiger partial charge in [-0.05, 0) is 42.3 Å². The van der Waals surface area contributed by atoms with Crippen molar-refractivity contribution < 1.29 is 4.79 Å². The van der Waals surface area contributed by atoms with Gasteiger partial charge in [-0.1, -0.05) is 49.4 Å². The van der Waals surface area contributed by atoms with Crippen LogP contribution in [-0.2, 0) is 11.3 Å². The number of rotatable bonds is 6. The highest BCUT2D eigenvalue weighted by Gasteiger charge is 2.30. The number of nitrogens with one attached hydrogen (secondary N) is 1. The quantitative estimate of drug-likeness (QED) is 0.829. The highest BCUT2D eigenvalue weighted by Crippen LogP contribution is 2.26. The molecular formula is C19H24N2O. The van der Waals surface area contributed by atoms with Gasteiger partial charge in [-0.2, -0.15) is 0 Å². The first kappa shape index (κ1) is 15.0. The minimum absolute atomic E-state index is 0.300. The van der Waals surface area contributed by atoms with Crippen molar-refractivity contribution in [3.05, 3.63) is 48.0 Å². The lowest BCUT2D eigenvalue weighted by Crippen LogP contribution is -2.34. The number of fused-ring (bicyclic) bond motifs is 1. The third-order valence-corrected chi connectivity index (χ3v) is 4.58. The zero-order valence-electron chi connectivity index (χ0n) is 13.2. The molecule has 1 fully saturated rings. The summed E-state index contributed by atoms with van der Waals surface area (Å²) < 4.78 is 0. The van der Waals surface area contributed by atoms with Crippen molar-refractivity contribution in [3.63, 3.8) is 0 Å². The molecule has 3 rings (SSSR count). The zero-order chi connectivity index (χ0) is 15.4. The second kappa shape index (κ2) is 6.93. The lowest BCUT2D eigenvalue weighted by molar-refractivity contribution is -0.129. The fourth-order valence-electron chi connectivity index (χ4n) is 3.37. The largest absolute Gasteiger partial charge is 0.335 e. The van der Waals surface area contributed by atoms with Crippen molar-refractivity contribution in [1.29, 1.82) is 0 Å². The molecule has 2 aromatic carbocycles. The molecule has 1 heterocycles. The van der Waals surface area contributed by atoms with Gasteiger partial charge in [0.25, 0.3) is 0 Å². The van der Waals surface area contributed by atoms with Gasteiger partial charge in [0.2, 0.25) is 5.91 Å². The van der Waals surface area contributed by atoms with Crippen LogP contribution in [0.25, 0.3) is 10.8 Å². The fourth-order valence-corrected chi connectivity index (χ4v) is 3.37. The van der Waals surface area contributed by atoms with Crippen LogP contribution < -0.4 is 5.32 Å². The van der Waals surface area contributed by atoms with Crippen LogP contribution in [0.15, 0.2) is 42.5 Å². The molecule has 0 bridgehead atoms. The average molecular weight is 296 g/mol. The Morgan fingerprint density at radius 2 is 2.00 bits per heavy atom. The van der Waals surface area contributed by atoms with Crippen LogP contribution >= 0.6 is 0 Å². The number of benzene rings is 2. The van der Waals surface area contributed by atoms with Gasteiger partial charge in [-0.25, -0.2) is 0 Å². The summed E-state index contributed by atoms with van der Waals surface area (Å²) in [7, 11) is 0. The molecule has 0 spiro atoms. The van der Waals surface area contributed by atoms with Crippen LogP contribution in [0.2, 0.25) is 0 Å². The number of likely N-dealkylation sites (tertiary alicyclic amines) is 1. The molecule has 3 heteroatoms. The van der Waals surface area contributed by atoms with Crippen molar-refractivity contribution in [1.82, 2.24) is 10.2 Å². The standard InChI is InChI=1S/C19H24N2O/c1-2-20-13-12-17-10-11-19(22)21(17)14-16-8-5-7-15-6-3-4-9-18(15)16/h3-9,17,20H,2,10-14H2,1H3/t17-/m0/s1. The van der Waals surface area contributed by atoms with E-state index < -0.39 is 0 Å². The van der Waals surface area contributed by atoms with Crippen LogP contribution in [0.5, 0.6) is 0 Å². The Balaban J connectivity index is 1.78. The van der Waals surface area contributed by atoms with Crippen LogP contribution in [0, 0.1) is 0 Å². The van der Waals surface area contributed by atoms with E-state index in [9.17, 15) is 4.79 Å². The monoisotopic (exact) mass is 296 g/mol. The molecule has 22 heavy (non-hydrogen) atoms. The van der Waals surface area contributed by atoms with E-state index in [0.29, 0.717) is 18.4 Å². The van der Waals surface area contributed by atoms with E-state index in [0.717, 1.165) is 32.5 Å². The first-order valence-corrected chi connectivity index (χ1v) is 8.26. The number of carbonyl (C=O) groups is 1. The predicted molar refractivity (Wildman–Crippen MR) is 90.7 cm³/mol. The summed E-state index contributed by atoms with van der Waals surface area (Å²) in [6.07, 6.45) is 2.74. The number of carbonyl (C=O) groups excluding carboxylic acids is 1. The van der Waals surface area contributed by atoms with E-state index in [2.05, 4.69) is 59.6 Å². The van der Waals surface area contributed by atoms with Crippen LogP contribution in [0.4, 0.5) is 0 Å². The number of hydrogen-bond acceptors (Lipinski definition) is 2. The van der Waals surface area contributed by atoms with Gasteiger partial charge in [-0.15, -0.1) is 0 Å². The molecule has 3 nitrogen and oxygen atoms in total. The maximum atomic E-state index is 12.3. The van der Waals surface area contributed by atoms with Crippen molar-refractivity contribution in [2.45, 2.75) is 38.8 Å². The predicted octanol–water partition coefficient (Wildman–Crippen LogP) is 3.33. The van der Waals surface area contributed by atoms with Crippen LogP contribution in [0.3, 0.4) is 0 Å². The molecule has 0 radical (unpaired) electrons. The second-order valence-electron chi connectivity index (χ2n) is 5.99. The summed E-state index contributed by atoms with van der Waals surface area (Å²) in [4.78, 5) is 14.3. The first-order chi connectivity index (χ1) is 10.8. The molecule has 1 aliphatic rings. The van der Waals surface area contributed by atoms with Gasteiger partial charge in [0.15, 0.2) is 0 Å². The summed E-state index contributed by atoms with van der Waals surface area (Å²) in [6.45, 7) is 4.83. The summed E-state index contributed by atoms with van der Waals surface area (Å²) >= 11 is 0. The Hall–Kier alpha value is -1.87. The molecule has 1 saturated heterocycles. The lowest BCUT2D eigenvalue weighted by atomic mass is 10.0. The maximum Gasteiger partial charge on any atom is 0.223 e. The molecule has 1 N–H and O–H groups in total. The van der Waals surface area contributed by atoms with E-state index in [-0.39, 0.29) is 0 Å². The maximum absolute atomic E-state index is 12.3. The van der Waals surface area contributed by atoms with Gasteiger partial charge < -0.3 is 10.2 Å². The Kier molecular flexibility index (Phi) is 4.74. The molecule has 116 valence electrons. The van der Waals surface area contributed by atoms with Crippen molar-refractivity contribution in [2.75, 3.05) is 13.1 Å². The molecule has 1 aliphatic heterocycles. The number of hydrogen-bond donors (Lipinski definition) is 1. The van der Waals surface area contributed by atoms with E-state index in [1.807, 2.05) is 0 Å². The Labute approximate surface area is 132 Å². The molecule has 1 atom stereocenters. The van der Waals surface area contributed by atoms with Crippen molar-refractivity contribution in [3.8, 4) is 0 Å². The van der Waals surface area contributed by atoms with Gasteiger partial charge in [-0.3, -0.25) is 4.79 Å². The molecule has 0 aliphatic carbocycles. The third-order valence-electron chi connectivity index (χ3n) is 4.58. The SMILES string of the molecule is CCNCC[C@@H]1CCC(=O)N1Cc1cccc2ccccc12. The zero-order valence-corrected chi connectivity index (χ0v) is 13.2. The normalized spacial score (nSPS) is 18.3. The van der Waals surface area contributed by atoms with E-state index in [1.165, 1.54) is 16.3 Å². The molecular weight excluding hydrogens is 272 g/mol. The summed E-state index contributed by atoms with van der Waals surface area (Å²) in [6, 6.07) is 15.2. The van der Waals surface area contributed by atoms with E-state index in [4.69, 9.17) is 0 Å². The minimum Gasteiger partial charge on any atom is -0.335 e. The lowest BCUT2D eigenvalue weighted by Gasteiger charge is -2.25. The summed E-state index contributed by atoms with van der Waals surface area (Å²) in [5.41, 5.74) is 1.25. The summed E-state index contributed by atoms with van der Waals surface area (Å²) in [5.74, 6) is 0.300. The average Bonchev–Trinajstić information content (AvgIpc) is 2.89. The van der Waals surface area contributed by atoms with Gasteiger partial charge in [0.05, 0.1) is 0 Å². The Morgan fingerprint density at radius 3 is 2.86 bits per heavy atom. The van der Waals surface area contributed by atoms with E-state index in [1.54, 1.807) is 0 Å². The molecule has 0 saturated carbocycles. The summed E-state index contributed by atoms with van der Waals surface area (Å²) in [5, 5.41) is 5.87. The van der Waals surface area contributed by atoms with Gasteiger partial charge >= 0.3 is 0 Å². The van der Waals surface area contributed by atoms with E-state index >= 15 is 0 Å². The number of nitrogens with zero attached hydrogens (tertiary/aromatic N) is 1. The van der Waals surface area contributed by atoms with Gasteiger partial charge in [0, 0.05) is 19.0 Å².